The molecule has 3 N–H and O–H groups in total. The molecule has 1 unspecified atom stereocenters. The fraction of sp³-hybridized carbons (Fsp3) is 0.778. The van der Waals surface area contributed by atoms with Crippen molar-refractivity contribution < 1.29 is 19.8 Å². The van der Waals surface area contributed by atoms with Crippen molar-refractivity contribution in [1.82, 2.24) is 5.32 Å². The molecule has 1 atom stereocenters. The van der Waals surface area contributed by atoms with Crippen LogP contribution < -0.4 is 5.32 Å². The molecule has 0 saturated heterocycles. The molecule has 0 aromatic heterocycles. The number of carboxylic acid groups (broad SMARTS) is 1. The lowest BCUT2D eigenvalue weighted by atomic mass is 9.99. The zero-order valence-corrected chi connectivity index (χ0v) is 8.70. The summed E-state index contributed by atoms with van der Waals surface area (Å²) in [6, 6.07) is -1.26. The van der Waals surface area contributed by atoms with Gasteiger partial charge in [-0.25, -0.2) is 4.79 Å². The highest BCUT2D eigenvalue weighted by atomic mass is 16.4. The zero-order valence-electron chi connectivity index (χ0n) is 8.70. The van der Waals surface area contributed by atoms with Crippen LogP contribution in [0, 0.1) is 0 Å². The van der Waals surface area contributed by atoms with E-state index in [2.05, 4.69) is 5.32 Å². The van der Waals surface area contributed by atoms with Gasteiger partial charge in [-0.05, 0) is 20.3 Å². The number of carbonyl (C=O) groups is 2. The second kappa shape index (κ2) is 4.95. The topological polar surface area (TPSA) is 86.6 Å². The normalized spacial score (nSPS) is 13.4. The summed E-state index contributed by atoms with van der Waals surface area (Å²) in [6.45, 7) is 4.51. The molecule has 0 spiro atoms. The number of amides is 1. The quantitative estimate of drug-likeness (QED) is 0.592. The summed E-state index contributed by atoms with van der Waals surface area (Å²) < 4.78 is 0. The number of carboxylic acids is 1. The Kier molecular flexibility index (Phi) is 4.56. The Bertz CT molecular complexity index is 219. The van der Waals surface area contributed by atoms with Gasteiger partial charge in [-0.2, -0.15) is 0 Å². The van der Waals surface area contributed by atoms with Gasteiger partial charge in [-0.3, -0.25) is 4.79 Å². The number of hydrogen-bond donors (Lipinski definition) is 3. The number of aliphatic hydroxyl groups is 1. The molecule has 0 aromatic rings. The SMILES string of the molecule is CCCC(=O)NC(C(=O)O)C(C)(C)O. The zero-order chi connectivity index (χ0) is 11.4. The summed E-state index contributed by atoms with van der Waals surface area (Å²) in [5.41, 5.74) is -1.46. The van der Waals surface area contributed by atoms with Crippen LogP contribution in [0.25, 0.3) is 0 Å². The van der Waals surface area contributed by atoms with Crippen LogP contribution in [0.3, 0.4) is 0 Å². The molecule has 0 saturated carbocycles. The van der Waals surface area contributed by atoms with E-state index in [0.29, 0.717) is 6.42 Å². The van der Waals surface area contributed by atoms with Crippen LogP contribution in [0.15, 0.2) is 0 Å². The average Bonchev–Trinajstić information content (AvgIpc) is 1.98. The number of rotatable bonds is 5. The Hall–Kier alpha value is -1.10. The molecule has 1 amide bonds. The van der Waals surface area contributed by atoms with E-state index in [1.54, 1.807) is 0 Å². The Balaban J connectivity index is 4.40. The second-order valence-electron chi connectivity index (χ2n) is 3.74. The average molecular weight is 203 g/mol. The van der Waals surface area contributed by atoms with Crippen LogP contribution in [0.4, 0.5) is 0 Å². The molecule has 0 bridgehead atoms. The van der Waals surface area contributed by atoms with Gasteiger partial charge in [0.2, 0.25) is 5.91 Å². The van der Waals surface area contributed by atoms with Crippen LogP contribution in [-0.4, -0.2) is 33.7 Å². The highest BCUT2D eigenvalue weighted by Gasteiger charge is 2.34. The van der Waals surface area contributed by atoms with Crippen LogP contribution in [0.2, 0.25) is 0 Å². The first-order valence-corrected chi connectivity index (χ1v) is 4.53. The van der Waals surface area contributed by atoms with Gasteiger partial charge in [-0.15, -0.1) is 0 Å². The van der Waals surface area contributed by atoms with Gasteiger partial charge in [-0.1, -0.05) is 6.92 Å². The molecule has 0 aliphatic carbocycles. The number of carbonyl (C=O) groups excluding carboxylic acids is 1. The lowest BCUT2D eigenvalue weighted by Crippen LogP contribution is -2.54. The van der Waals surface area contributed by atoms with Gasteiger partial charge >= 0.3 is 5.97 Å². The molecule has 0 fully saturated rings. The molecule has 0 rings (SSSR count). The maximum absolute atomic E-state index is 11.1. The predicted octanol–water partition coefficient (Wildman–Crippen LogP) is 0.127. The maximum Gasteiger partial charge on any atom is 0.329 e. The highest BCUT2D eigenvalue weighted by Crippen LogP contribution is 2.09. The maximum atomic E-state index is 11.1. The third kappa shape index (κ3) is 4.23. The van der Waals surface area contributed by atoms with E-state index in [-0.39, 0.29) is 12.3 Å². The lowest BCUT2D eigenvalue weighted by molar-refractivity contribution is -0.148. The second-order valence-corrected chi connectivity index (χ2v) is 3.74. The van der Waals surface area contributed by atoms with Crippen molar-refractivity contribution in [3.63, 3.8) is 0 Å². The van der Waals surface area contributed by atoms with E-state index < -0.39 is 17.6 Å². The molecule has 5 nitrogen and oxygen atoms in total. The smallest absolute Gasteiger partial charge is 0.329 e. The molecular weight excluding hydrogens is 186 g/mol. The van der Waals surface area contributed by atoms with Crippen molar-refractivity contribution in [2.24, 2.45) is 0 Å². The Labute approximate surface area is 83.1 Å². The van der Waals surface area contributed by atoms with E-state index >= 15 is 0 Å². The van der Waals surface area contributed by atoms with Gasteiger partial charge < -0.3 is 15.5 Å². The third-order valence-corrected chi connectivity index (χ3v) is 1.74. The van der Waals surface area contributed by atoms with Crippen LogP contribution >= 0.6 is 0 Å². The molecule has 0 aliphatic rings. The summed E-state index contributed by atoms with van der Waals surface area (Å²) in [4.78, 5) is 21.8. The number of aliphatic carboxylic acids is 1. The van der Waals surface area contributed by atoms with E-state index in [1.807, 2.05) is 6.92 Å². The van der Waals surface area contributed by atoms with Crippen LogP contribution in [0.5, 0.6) is 0 Å². The molecular formula is C9H17NO4. The molecule has 0 aromatic carbocycles. The molecule has 82 valence electrons. The van der Waals surface area contributed by atoms with Gasteiger partial charge in [0.05, 0.1) is 5.60 Å². The Morgan fingerprint density at radius 3 is 2.21 bits per heavy atom. The van der Waals surface area contributed by atoms with Gasteiger partial charge in [0.25, 0.3) is 0 Å². The monoisotopic (exact) mass is 203 g/mol. The standard InChI is InChI=1S/C9H17NO4/c1-4-5-6(11)10-7(8(12)13)9(2,3)14/h7,14H,4-5H2,1-3H3,(H,10,11)(H,12,13). The van der Waals surface area contributed by atoms with Gasteiger partial charge in [0.15, 0.2) is 6.04 Å². The van der Waals surface area contributed by atoms with E-state index in [9.17, 15) is 14.7 Å². The molecule has 0 aliphatic heterocycles. The summed E-state index contributed by atoms with van der Waals surface area (Å²) >= 11 is 0. The van der Waals surface area contributed by atoms with E-state index in [0.717, 1.165) is 0 Å². The fourth-order valence-corrected chi connectivity index (χ4v) is 1.00. The molecule has 5 heteroatoms. The number of hydrogen-bond acceptors (Lipinski definition) is 3. The van der Waals surface area contributed by atoms with E-state index in [4.69, 9.17) is 5.11 Å². The van der Waals surface area contributed by atoms with Crippen molar-refractivity contribution in [2.45, 2.75) is 45.3 Å². The third-order valence-electron chi connectivity index (χ3n) is 1.74. The van der Waals surface area contributed by atoms with Gasteiger partial charge in [0.1, 0.15) is 0 Å². The fourth-order valence-electron chi connectivity index (χ4n) is 1.00. The molecule has 14 heavy (non-hydrogen) atoms. The number of nitrogens with one attached hydrogen (secondary N) is 1. The van der Waals surface area contributed by atoms with Crippen molar-refractivity contribution in [2.75, 3.05) is 0 Å². The predicted molar refractivity (Wildman–Crippen MR) is 50.8 cm³/mol. The lowest BCUT2D eigenvalue weighted by Gasteiger charge is -2.26. The first kappa shape index (κ1) is 12.9. The summed E-state index contributed by atoms with van der Waals surface area (Å²) in [5.74, 6) is -1.59. The Morgan fingerprint density at radius 1 is 1.43 bits per heavy atom. The molecule has 0 heterocycles. The van der Waals surface area contributed by atoms with Crippen molar-refractivity contribution >= 4 is 11.9 Å². The minimum absolute atomic E-state index is 0.264. The summed E-state index contributed by atoms with van der Waals surface area (Å²) in [5, 5.41) is 20.5. The van der Waals surface area contributed by atoms with Crippen molar-refractivity contribution in [3.05, 3.63) is 0 Å². The highest BCUT2D eigenvalue weighted by molar-refractivity contribution is 5.84. The minimum atomic E-state index is -1.46. The summed E-state index contributed by atoms with van der Waals surface area (Å²) in [6.07, 6.45) is 0.907. The summed E-state index contributed by atoms with van der Waals surface area (Å²) in [7, 11) is 0. The first-order chi connectivity index (χ1) is 6.29. The van der Waals surface area contributed by atoms with Crippen LogP contribution in [0.1, 0.15) is 33.6 Å². The van der Waals surface area contributed by atoms with Crippen molar-refractivity contribution in [3.8, 4) is 0 Å². The van der Waals surface area contributed by atoms with Gasteiger partial charge in [0, 0.05) is 6.42 Å². The van der Waals surface area contributed by atoms with Crippen molar-refractivity contribution in [1.29, 1.82) is 0 Å². The largest absolute Gasteiger partial charge is 0.480 e. The van der Waals surface area contributed by atoms with E-state index in [1.165, 1.54) is 13.8 Å². The molecule has 0 radical (unpaired) electrons. The van der Waals surface area contributed by atoms with Crippen LogP contribution in [-0.2, 0) is 9.59 Å². The first-order valence-electron chi connectivity index (χ1n) is 4.53. The Morgan fingerprint density at radius 2 is 1.93 bits per heavy atom. The minimum Gasteiger partial charge on any atom is -0.480 e.